The lowest BCUT2D eigenvalue weighted by Gasteiger charge is -2.08. The number of rotatable bonds is 6. The molecule has 24 heavy (non-hydrogen) atoms. The fourth-order valence-corrected chi connectivity index (χ4v) is 2.34. The molecule has 0 unspecified atom stereocenters. The summed E-state index contributed by atoms with van der Waals surface area (Å²) in [6, 6.07) is 10.4. The van der Waals surface area contributed by atoms with Gasteiger partial charge >= 0.3 is 5.69 Å². The second-order valence-electron chi connectivity index (χ2n) is 5.21. The minimum absolute atomic E-state index is 0.143. The minimum Gasteiger partial charge on any atom is -0.475 e. The first-order chi connectivity index (χ1) is 11.7. The first kappa shape index (κ1) is 15.9. The maximum Gasteiger partial charge on any atom is 0.329 e. The van der Waals surface area contributed by atoms with Crippen LogP contribution in [0.5, 0.6) is 5.88 Å². The van der Waals surface area contributed by atoms with E-state index in [2.05, 4.69) is 9.97 Å². The molecule has 3 rings (SSSR count). The topological polar surface area (TPSA) is 86.2 Å². The van der Waals surface area contributed by atoms with Gasteiger partial charge in [-0.3, -0.25) is 9.36 Å². The molecule has 0 spiro atoms. The molecule has 0 aliphatic carbocycles. The summed E-state index contributed by atoms with van der Waals surface area (Å²) in [5, 5.41) is 0.476. The average molecular weight is 327 g/mol. The number of pyridine rings is 1. The van der Waals surface area contributed by atoms with Gasteiger partial charge in [0, 0.05) is 19.4 Å². The van der Waals surface area contributed by atoms with E-state index >= 15 is 0 Å². The molecule has 7 nitrogen and oxygen atoms in total. The lowest BCUT2D eigenvalue weighted by atomic mass is 10.2. The van der Waals surface area contributed by atoms with E-state index in [1.807, 2.05) is 0 Å². The number of aromatic nitrogens is 3. The number of fused-ring (bicyclic) bond motifs is 1. The van der Waals surface area contributed by atoms with Crippen molar-refractivity contribution in [2.24, 2.45) is 0 Å². The van der Waals surface area contributed by atoms with Crippen LogP contribution in [0, 0.1) is 0 Å². The fraction of sp³-hybridized carbons (Fsp3) is 0.235. The van der Waals surface area contributed by atoms with Gasteiger partial charge in [-0.25, -0.2) is 9.78 Å². The molecule has 2 heterocycles. The molecule has 0 fully saturated rings. The Hall–Kier alpha value is -2.93. The Bertz CT molecular complexity index is 944. The molecule has 2 aromatic heterocycles. The Kier molecular flexibility index (Phi) is 4.72. The van der Waals surface area contributed by atoms with E-state index in [4.69, 9.17) is 9.47 Å². The predicted molar refractivity (Wildman–Crippen MR) is 89.5 cm³/mol. The molecule has 124 valence electrons. The van der Waals surface area contributed by atoms with Gasteiger partial charge in [0.05, 0.1) is 24.1 Å². The molecule has 0 saturated heterocycles. The van der Waals surface area contributed by atoms with E-state index in [0.717, 1.165) is 10.1 Å². The van der Waals surface area contributed by atoms with Gasteiger partial charge in [0.1, 0.15) is 6.61 Å². The van der Waals surface area contributed by atoms with Crippen LogP contribution < -0.4 is 16.0 Å². The normalized spacial score (nSPS) is 10.9. The van der Waals surface area contributed by atoms with Crippen LogP contribution in [0.1, 0.15) is 5.56 Å². The zero-order valence-electron chi connectivity index (χ0n) is 13.2. The van der Waals surface area contributed by atoms with Gasteiger partial charge in [-0.2, -0.15) is 0 Å². The van der Waals surface area contributed by atoms with E-state index in [1.165, 1.54) is 0 Å². The lowest BCUT2D eigenvalue weighted by Crippen LogP contribution is -2.35. The summed E-state index contributed by atoms with van der Waals surface area (Å²) >= 11 is 0. The van der Waals surface area contributed by atoms with Crippen molar-refractivity contribution in [1.29, 1.82) is 0 Å². The molecule has 1 N–H and O–H groups in total. The Balaban J connectivity index is 1.85. The Morgan fingerprint density at radius 2 is 1.96 bits per heavy atom. The third-order valence-electron chi connectivity index (χ3n) is 3.57. The zero-order chi connectivity index (χ0) is 16.9. The van der Waals surface area contributed by atoms with E-state index < -0.39 is 5.69 Å². The largest absolute Gasteiger partial charge is 0.475 e. The van der Waals surface area contributed by atoms with Crippen molar-refractivity contribution in [2.45, 2.75) is 6.54 Å². The molecular formula is C17H17N3O4. The first-order valence-electron chi connectivity index (χ1n) is 7.47. The molecule has 0 radical (unpaired) electrons. The summed E-state index contributed by atoms with van der Waals surface area (Å²) in [5.74, 6) is 0.468. The molecule has 0 bridgehead atoms. The summed E-state index contributed by atoms with van der Waals surface area (Å²) in [6.07, 6.45) is 1.59. The van der Waals surface area contributed by atoms with E-state index in [1.54, 1.807) is 49.7 Å². The van der Waals surface area contributed by atoms with Crippen molar-refractivity contribution in [3.05, 3.63) is 69.0 Å². The number of para-hydroxylation sites is 1. The molecule has 1 aromatic carbocycles. The Morgan fingerprint density at radius 3 is 2.71 bits per heavy atom. The van der Waals surface area contributed by atoms with Gasteiger partial charge in [0.2, 0.25) is 5.88 Å². The number of ether oxygens (including phenoxy) is 2. The van der Waals surface area contributed by atoms with Crippen LogP contribution in [0.15, 0.2) is 52.2 Å². The van der Waals surface area contributed by atoms with Crippen LogP contribution >= 0.6 is 0 Å². The smallest absolute Gasteiger partial charge is 0.329 e. The van der Waals surface area contributed by atoms with Crippen LogP contribution in [0.3, 0.4) is 0 Å². The highest BCUT2D eigenvalue weighted by molar-refractivity contribution is 5.76. The van der Waals surface area contributed by atoms with Gasteiger partial charge < -0.3 is 14.5 Å². The average Bonchev–Trinajstić information content (AvgIpc) is 2.60. The fourth-order valence-electron chi connectivity index (χ4n) is 2.34. The number of hydrogen-bond acceptors (Lipinski definition) is 5. The van der Waals surface area contributed by atoms with Crippen molar-refractivity contribution < 1.29 is 9.47 Å². The third kappa shape index (κ3) is 3.36. The van der Waals surface area contributed by atoms with Crippen LogP contribution in [-0.4, -0.2) is 34.9 Å². The first-order valence-corrected chi connectivity index (χ1v) is 7.47. The lowest BCUT2D eigenvalue weighted by molar-refractivity contribution is 0.143. The number of nitrogens with one attached hydrogen (secondary N) is 1. The van der Waals surface area contributed by atoms with Crippen molar-refractivity contribution in [2.75, 3.05) is 20.3 Å². The van der Waals surface area contributed by atoms with Gasteiger partial charge in [-0.15, -0.1) is 0 Å². The predicted octanol–water partition coefficient (Wildman–Crippen LogP) is 1.16. The second kappa shape index (κ2) is 7.10. The molecule has 0 amide bonds. The van der Waals surface area contributed by atoms with E-state index in [0.29, 0.717) is 30.0 Å². The number of benzene rings is 1. The highest BCUT2D eigenvalue weighted by Gasteiger charge is 2.08. The number of hydrogen-bond donors (Lipinski definition) is 1. The molecule has 3 aromatic rings. The van der Waals surface area contributed by atoms with Crippen molar-refractivity contribution in [1.82, 2.24) is 14.5 Å². The Labute approximate surface area is 137 Å². The van der Waals surface area contributed by atoms with Crippen molar-refractivity contribution in [3.8, 4) is 5.88 Å². The zero-order valence-corrected chi connectivity index (χ0v) is 13.2. The second-order valence-corrected chi connectivity index (χ2v) is 5.21. The summed E-state index contributed by atoms with van der Waals surface area (Å²) in [7, 11) is 1.60. The van der Waals surface area contributed by atoms with Crippen LogP contribution in [-0.2, 0) is 11.3 Å². The van der Waals surface area contributed by atoms with Crippen LogP contribution in [0.4, 0.5) is 0 Å². The van der Waals surface area contributed by atoms with Gasteiger partial charge in [0.15, 0.2) is 0 Å². The molecule has 0 aliphatic rings. The molecule has 0 aliphatic heterocycles. The van der Waals surface area contributed by atoms with Crippen LogP contribution in [0.25, 0.3) is 10.9 Å². The third-order valence-corrected chi connectivity index (χ3v) is 3.57. The highest BCUT2D eigenvalue weighted by atomic mass is 16.5. The SMILES string of the molecule is COCCOc1ccc(Cn2c(=O)[nH]c3ccccc3c2=O)cn1. The van der Waals surface area contributed by atoms with Crippen molar-refractivity contribution >= 4 is 10.9 Å². The number of methoxy groups -OCH3 is 1. The summed E-state index contributed by atoms with van der Waals surface area (Å²) in [5.41, 5.74) is 0.495. The highest BCUT2D eigenvalue weighted by Crippen LogP contribution is 2.09. The van der Waals surface area contributed by atoms with Gasteiger partial charge in [-0.05, 0) is 17.7 Å². The number of nitrogens with zero attached hydrogens (tertiary/aromatic N) is 2. The maximum atomic E-state index is 12.5. The van der Waals surface area contributed by atoms with E-state index in [9.17, 15) is 9.59 Å². The molecule has 0 atom stereocenters. The standard InChI is InChI=1S/C17H17N3O4/c1-23-8-9-24-15-7-6-12(10-18-15)11-20-16(21)13-4-2-3-5-14(13)19-17(20)22/h2-7,10H,8-9,11H2,1H3,(H,19,22). The molecule has 0 saturated carbocycles. The quantitative estimate of drug-likeness (QED) is 0.687. The monoisotopic (exact) mass is 327 g/mol. The summed E-state index contributed by atoms with van der Waals surface area (Å²) in [4.78, 5) is 31.5. The molecule has 7 heteroatoms. The Morgan fingerprint density at radius 1 is 1.12 bits per heavy atom. The summed E-state index contributed by atoms with van der Waals surface area (Å²) in [6.45, 7) is 1.03. The van der Waals surface area contributed by atoms with Crippen molar-refractivity contribution in [3.63, 3.8) is 0 Å². The van der Waals surface area contributed by atoms with Gasteiger partial charge in [-0.1, -0.05) is 18.2 Å². The minimum atomic E-state index is -0.445. The number of H-pyrrole nitrogens is 1. The van der Waals surface area contributed by atoms with Gasteiger partial charge in [0.25, 0.3) is 5.56 Å². The maximum absolute atomic E-state index is 12.5. The van der Waals surface area contributed by atoms with Crippen LogP contribution in [0.2, 0.25) is 0 Å². The van der Waals surface area contributed by atoms with E-state index in [-0.39, 0.29) is 12.1 Å². The molecular weight excluding hydrogens is 310 g/mol. The number of aromatic amines is 1. The summed E-state index contributed by atoms with van der Waals surface area (Å²) < 4.78 is 11.4.